The molecule has 21 heavy (non-hydrogen) atoms. The highest BCUT2D eigenvalue weighted by atomic mass is 79.9. The Morgan fingerprint density at radius 3 is 2.76 bits per heavy atom. The number of benzene rings is 1. The molecule has 0 bridgehead atoms. The molecule has 0 aromatic heterocycles. The van der Waals surface area contributed by atoms with Gasteiger partial charge in [0, 0.05) is 16.2 Å². The highest BCUT2D eigenvalue weighted by molar-refractivity contribution is 9.10. The zero-order valence-electron chi connectivity index (χ0n) is 11.9. The van der Waals surface area contributed by atoms with E-state index < -0.39 is 17.3 Å². The predicted octanol–water partition coefficient (Wildman–Crippen LogP) is 2.99. The van der Waals surface area contributed by atoms with Crippen LogP contribution in [0.15, 0.2) is 22.7 Å². The number of hydrogen-bond donors (Lipinski definition) is 3. The summed E-state index contributed by atoms with van der Waals surface area (Å²) >= 11 is 3.31. The van der Waals surface area contributed by atoms with Gasteiger partial charge < -0.3 is 16.2 Å². The van der Waals surface area contributed by atoms with Crippen LogP contribution in [-0.2, 0) is 4.79 Å². The molecule has 2 rings (SSSR count). The summed E-state index contributed by atoms with van der Waals surface area (Å²) in [5.74, 6) is -1.34. The van der Waals surface area contributed by atoms with Crippen LogP contribution in [0.25, 0.3) is 0 Å². The Hall–Kier alpha value is -1.56. The number of amides is 1. The van der Waals surface area contributed by atoms with Gasteiger partial charge in [-0.05, 0) is 38.0 Å². The number of nitrogens with two attached hydrogens (primary N) is 1. The van der Waals surface area contributed by atoms with E-state index in [-0.39, 0.29) is 6.04 Å². The number of anilines is 1. The lowest BCUT2D eigenvalue weighted by Crippen LogP contribution is -2.46. The molecule has 1 saturated carbocycles. The third-order valence-electron chi connectivity index (χ3n) is 4.27. The standard InChI is InChI=1S/C15H19BrN2O3/c1-15(14(20)21)7-3-2-4-12(15)18-11-6-5-9(16)8-10(11)13(17)19/h5-6,8,12,18H,2-4,7H2,1H3,(H2,17,19)(H,20,21). The molecule has 4 N–H and O–H groups in total. The van der Waals surface area contributed by atoms with Gasteiger partial charge in [-0.2, -0.15) is 0 Å². The number of carbonyl (C=O) groups is 2. The fourth-order valence-corrected chi connectivity index (χ4v) is 3.22. The maximum Gasteiger partial charge on any atom is 0.311 e. The summed E-state index contributed by atoms with van der Waals surface area (Å²) in [6.07, 6.45) is 3.27. The van der Waals surface area contributed by atoms with Crippen molar-refractivity contribution in [2.45, 2.75) is 38.6 Å². The van der Waals surface area contributed by atoms with Crippen molar-refractivity contribution in [2.24, 2.45) is 11.1 Å². The summed E-state index contributed by atoms with van der Waals surface area (Å²) in [5.41, 5.74) is 5.52. The van der Waals surface area contributed by atoms with Gasteiger partial charge in [-0.1, -0.05) is 28.8 Å². The van der Waals surface area contributed by atoms with E-state index in [1.54, 1.807) is 25.1 Å². The van der Waals surface area contributed by atoms with Crippen molar-refractivity contribution in [1.82, 2.24) is 0 Å². The van der Waals surface area contributed by atoms with E-state index in [1.165, 1.54) is 0 Å². The molecule has 1 aromatic rings. The highest BCUT2D eigenvalue weighted by Crippen LogP contribution is 2.38. The zero-order valence-corrected chi connectivity index (χ0v) is 13.4. The third kappa shape index (κ3) is 3.20. The number of carbonyl (C=O) groups excluding carboxylic acids is 1. The Labute approximate surface area is 132 Å². The summed E-state index contributed by atoms with van der Waals surface area (Å²) in [6.45, 7) is 1.76. The molecule has 0 radical (unpaired) electrons. The fraction of sp³-hybridized carbons (Fsp3) is 0.467. The van der Waals surface area contributed by atoms with Gasteiger partial charge in [-0.25, -0.2) is 0 Å². The first-order valence-electron chi connectivity index (χ1n) is 6.94. The summed E-state index contributed by atoms with van der Waals surface area (Å²) in [7, 11) is 0. The number of carboxylic acids is 1. The van der Waals surface area contributed by atoms with Crippen LogP contribution >= 0.6 is 15.9 Å². The maximum absolute atomic E-state index is 11.6. The van der Waals surface area contributed by atoms with Gasteiger partial charge in [0.15, 0.2) is 0 Å². The monoisotopic (exact) mass is 354 g/mol. The minimum atomic E-state index is -0.833. The molecule has 0 saturated heterocycles. The molecule has 2 unspecified atom stereocenters. The van der Waals surface area contributed by atoms with Crippen molar-refractivity contribution in [2.75, 3.05) is 5.32 Å². The molecule has 114 valence electrons. The van der Waals surface area contributed by atoms with E-state index in [2.05, 4.69) is 21.2 Å². The first kappa shape index (κ1) is 15.8. The second-order valence-electron chi connectivity index (χ2n) is 5.72. The maximum atomic E-state index is 11.6. The summed E-state index contributed by atoms with van der Waals surface area (Å²) < 4.78 is 0.756. The van der Waals surface area contributed by atoms with Crippen LogP contribution in [0.2, 0.25) is 0 Å². The Kier molecular flexibility index (Phi) is 4.56. The van der Waals surface area contributed by atoms with Crippen molar-refractivity contribution in [1.29, 1.82) is 0 Å². The molecule has 1 aliphatic rings. The molecular weight excluding hydrogens is 336 g/mol. The quantitative estimate of drug-likeness (QED) is 0.774. The van der Waals surface area contributed by atoms with E-state index in [9.17, 15) is 14.7 Å². The van der Waals surface area contributed by atoms with Gasteiger partial charge >= 0.3 is 5.97 Å². The molecule has 5 nitrogen and oxygen atoms in total. The first-order chi connectivity index (χ1) is 9.84. The number of primary amides is 1. The van der Waals surface area contributed by atoms with Crippen LogP contribution in [0, 0.1) is 5.41 Å². The predicted molar refractivity (Wildman–Crippen MR) is 84.3 cm³/mol. The van der Waals surface area contributed by atoms with Gasteiger partial charge in [0.25, 0.3) is 5.91 Å². The van der Waals surface area contributed by atoms with Crippen molar-refractivity contribution in [3.05, 3.63) is 28.2 Å². The minimum Gasteiger partial charge on any atom is -0.481 e. The van der Waals surface area contributed by atoms with Crippen molar-refractivity contribution >= 4 is 33.5 Å². The van der Waals surface area contributed by atoms with Crippen LogP contribution in [0.4, 0.5) is 5.69 Å². The minimum absolute atomic E-state index is 0.219. The average molecular weight is 355 g/mol. The molecule has 1 amide bonds. The van der Waals surface area contributed by atoms with E-state index >= 15 is 0 Å². The second-order valence-corrected chi connectivity index (χ2v) is 6.64. The van der Waals surface area contributed by atoms with Gasteiger partial charge in [-0.3, -0.25) is 9.59 Å². The Morgan fingerprint density at radius 1 is 1.43 bits per heavy atom. The Bertz CT molecular complexity index is 576. The SMILES string of the molecule is CC1(C(=O)O)CCCCC1Nc1ccc(Br)cc1C(N)=O. The lowest BCUT2D eigenvalue weighted by molar-refractivity contribution is -0.150. The van der Waals surface area contributed by atoms with Crippen molar-refractivity contribution < 1.29 is 14.7 Å². The molecular formula is C15H19BrN2O3. The summed E-state index contributed by atoms with van der Waals surface area (Å²) in [6, 6.07) is 4.98. The number of nitrogens with one attached hydrogen (secondary N) is 1. The van der Waals surface area contributed by atoms with Crippen LogP contribution < -0.4 is 11.1 Å². The van der Waals surface area contributed by atoms with Crippen LogP contribution in [-0.4, -0.2) is 23.0 Å². The molecule has 0 aliphatic heterocycles. The first-order valence-corrected chi connectivity index (χ1v) is 7.73. The van der Waals surface area contributed by atoms with E-state index in [0.29, 0.717) is 17.7 Å². The molecule has 1 fully saturated rings. The molecule has 2 atom stereocenters. The second kappa shape index (κ2) is 6.05. The third-order valence-corrected chi connectivity index (χ3v) is 4.77. The van der Waals surface area contributed by atoms with Crippen molar-refractivity contribution in [3.8, 4) is 0 Å². The molecule has 0 heterocycles. The largest absolute Gasteiger partial charge is 0.481 e. The highest BCUT2D eigenvalue weighted by Gasteiger charge is 2.43. The van der Waals surface area contributed by atoms with Crippen LogP contribution in [0.1, 0.15) is 43.0 Å². The normalized spacial score (nSPS) is 25.3. The summed E-state index contributed by atoms with van der Waals surface area (Å²) in [5, 5.41) is 12.8. The van der Waals surface area contributed by atoms with Crippen molar-refractivity contribution in [3.63, 3.8) is 0 Å². The van der Waals surface area contributed by atoms with E-state index in [4.69, 9.17) is 5.73 Å². The molecule has 1 aliphatic carbocycles. The van der Waals surface area contributed by atoms with E-state index in [1.807, 2.05) is 0 Å². The number of halogens is 1. The average Bonchev–Trinajstić information content (AvgIpc) is 2.42. The van der Waals surface area contributed by atoms with Gasteiger partial charge in [0.2, 0.25) is 0 Å². The number of carboxylic acid groups (broad SMARTS) is 1. The van der Waals surface area contributed by atoms with Gasteiger partial charge in [0.1, 0.15) is 0 Å². The van der Waals surface area contributed by atoms with Crippen LogP contribution in [0.5, 0.6) is 0 Å². The molecule has 1 aromatic carbocycles. The number of hydrogen-bond acceptors (Lipinski definition) is 3. The van der Waals surface area contributed by atoms with Crippen LogP contribution in [0.3, 0.4) is 0 Å². The molecule has 0 spiro atoms. The lowest BCUT2D eigenvalue weighted by atomic mass is 9.71. The Morgan fingerprint density at radius 2 is 2.14 bits per heavy atom. The Balaban J connectivity index is 2.32. The van der Waals surface area contributed by atoms with Gasteiger partial charge in [-0.15, -0.1) is 0 Å². The summed E-state index contributed by atoms with van der Waals surface area (Å²) in [4.78, 5) is 23.2. The lowest BCUT2D eigenvalue weighted by Gasteiger charge is -2.39. The van der Waals surface area contributed by atoms with E-state index in [0.717, 1.165) is 23.7 Å². The number of rotatable bonds is 4. The fourth-order valence-electron chi connectivity index (χ4n) is 2.85. The number of aliphatic carboxylic acids is 1. The smallest absolute Gasteiger partial charge is 0.311 e. The zero-order chi connectivity index (χ0) is 15.6. The molecule has 6 heteroatoms. The van der Waals surface area contributed by atoms with Gasteiger partial charge in [0.05, 0.1) is 11.0 Å². The topological polar surface area (TPSA) is 92.4 Å².